The molecule has 20 heavy (non-hydrogen) atoms. The minimum absolute atomic E-state index is 0.321. The van der Waals surface area contributed by atoms with Gasteiger partial charge in [0.1, 0.15) is 12.4 Å². The lowest BCUT2D eigenvalue weighted by atomic mass is 10.1. The van der Waals surface area contributed by atoms with Crippen LogP contribution in [0.15, 0.2) is 12.1 Å². The molecule has 1 heterocycles. The summed E-state index contributed by atoms with van der Waals surface area (Å²) in [6.07, 6.45) is 0.642. The summed E-state index contributed by atoms with van der Waals surface area (Å²) in [7, 11) is 0. The van der Waals surface area contributed by atoms with Crippen LogP contribution in [0.3, 0.4) is 0 Å². The molecule has 1 aromatic carbocycles. The first-order valence-electron chi connectivity index (χ1n) is 7.54. The second kappa shape index (κ2) is 6.59. The van der Waals surface area contributed by atoms with Gasteiger partial charge < -0.3 is 9.47 Å². The Morgan fingerprint density at radius 1 is 1.15 bits per heavy atom. The van der Waals surface area contributed by atoms with Crippen molar-refractivity contribution in [2.45, 2.75) is 46.8 Å². The molecule has 1 fully saturated rings. The number of morpholine rings is 1. The Morgan fingerprint density at radius 2 is 1.80 bits per heavy atom. The first-order chi connectivity index (χ1) is 9.45. The SMILES string of the molecule is Cc1cc(C)c(C)c(OCCN2C[C@@H](C)O[C@@H](C)C2)c1. The smallest absolute Gasteiger partial charge is 0.122 e. The standard InChI is InChI=1S/C17H27NO2/c1-12-8-13(2)16(5)17(9-12)19-7-6-18-10-14(3)20-15(4)11-18/h8-9,14-15H,6-7,10-11H2,1-5H3/t14-,15+. The molecule has 1 aliphatic rings. The van der Waals surface area contributed by atoms with Crippen LogP contribution in [-0.4, -0.2) is 43.3 Å². The molecular weight excluding hydrogens is 250 g/mol. The highest BCUT2D eigenvalue weighted by Gasteiger charge is 2.21. The zero-order valence-electron chi connectivity index (χ0n) is 13.4. The molecule has 0 radical (unpaired) electrons. The van der Waals surface area contributed by atoms with Gasteiger partial charge in [0.15, 0.2) is 0 Å². The minimum atomic E-state index is 0.321. The summed E-state index contributed by atoms with van der Waals surface area (Å²) in [6.45, 7) is 14.4. The Kier molecular flexibility index (Phi) is 5.06. The van der Waals surface area contributed by atoms with Gasteiger partial charge in [-0.15, -0.1) is 0 Å². The third-order valence-electron chi connectivity index (χ3n) is 3.92. The zero-order chi connectivity index (χ0) is 14.7. The van der Waals surface area contributed by atoms with Crippen molar-refractivity contribution in [2.75, 3.05) is 26.2 Å². The molecule has 112 valence electrons. The van der Waals surface area contributed by atoms with E-state index in [-0.39, 0.29) is 0 Å². The molecule has 1 aromatic rings. The van der Waals surface area contributed by atoms with Gasteiger partial charge in [0.25, 0.3) is 0 Å². The van der Waals surface area contributed by atoms with Gasteiger partial charge in [-0.05, 0) is 57.4 Å². The number of aryl methyl sites for hydroxylation is 2. The number of rotatable bonds is 4. The predicted molar refractivity (Wildman–Crippen MR) is 82.6 cm³/mol. The first-order valence-corrected chi connectivity index (χ1v) is 7.54. The van der Waals surface area contributed by atoms with Crippen LogP contribution in [0, 0.1) is 20.8 Å². The maximum Gasteiger partial charge on any atom is 0.122 e. The number of benzene rings is 1. The molecule has 3 heteroatoms. The summed E-state index contributed by atoms with van der Waals surface area (Å²) in [4.78, 5) is 2.43. The lowest BCUT2D eigenvalue weighted by Crippen LogP contribution is -2.46. The fraction of sp³-hybridized carbons (Fsp3) is 0.647. The Bertz CT molecular complexity index is 449. The normalized spacial score (nSPS) is 23.9. The molecule has 0 bridgehead atoms. The van der Waals surface area contributed by atoms with Crippen molar-refractivity contribution in [2.24, 2.45) is 0 Å². The molecular formula is C17H27NO2. The van der Waals surface area contributed by atoms with Crippen LogP contribution >= 0.6 is 0 Å². The second-order valence-electron chi connectivity index (χ2n) is 6.07. The van der Waals surface area contributed by atoms with Crippen LogP contribution in [0.5, 0.6) is 5.75 Å². The summed E-state index contributed by atoms with van der Waals surface area (Å²) in [5, 5.41) is 0. The summed E-state index contributed by atoms with van der Waals surface area (Å²) in [5.74, 6) is 1.02. The van der Waals surface area contributed by atoms with Gasteiger partial charge in [-0.1, -0.05) is 6.07 Å². The third-order valence-corrected chi connectivity index (χ3v) is 3.92. The molecule has 0 spiro atoms. The zero-order valence-corrected chi connectivity index (χ0v) is 13.4. The van der Waals surface area contributed by atoms with E-state index >= 15 is 0 Å². The van der Waals surface area contributed by atoms with Gasteiger partial charge >= 0.3 is 0 Å². The summed E-state index contributed by atoms with van der Waals surface area (Å²) >= 11 is 0. The van der Waals surface area contributed by atoms with Crippen LogP contribution < -0.4 is 4.74 Å². The van der Waals surface area contributed by atoms with Crippen LogP contribution in [0.4, 0.5) is 0 Å². The topological polar surface area (TPSA) is 21.7 Å². The van der Waals surface area contributed by atoms with Crippen molar-refractivity contribution in [3.05, 3.63) is 28.8 Å². The number of hydrogen-bond donors (Lipinski definition) is 0. The first kappa shape index (κ1) is 15.3. The quantitative estimate of drug-likeness (QED) is 0.844. The molecule has 3 nitrogen and oxygen atoms in total. The lowest BCUT2D eigenvalue weighted by molar-refractivity contribution is -0.0699. The average Bonchev–Trinajstić information content (AvgIpc) is 2.34. The second-order valence-corrected chi connectivity index (χ2v) is 6.07. The molecule has 0 aliphatic carbocycles. The molecule has 0 saturated carbocycles. The molecule has 0 unspecified atom stereocenters. The van der Waals surface area contributed by atoms with Crippen LogP contribution in [0.2, 0.25) is 0 Å². The van der Waals surface area contributed by atoms with Gasteiger partial charge in [0.05, 0.1) is 12.2 Å². The predicted octanol–water partition coefficient (Wildman–Crippen LogP) is 3.10. The van der Waals surface area contributed by atoms with Crippen molar-refractivity contribution in [3.63, 3.8) is 0 Å². The van der Waals surface area contributed by atoms with Crippen molar-refractivity contribution in [1.82, 2.24) is 4.90 Å². The summed E-state index contributed by atoms with van der Waals surface area (Å²) < 4.78 is 11.7. The summed E-state index contributed by atoms with van der Waals surface area (Å²) in [6, 6.07) is 4.33. The maximum absolute atomic E-state index is 5.99. The molecule has 1 aliphatic heterocycles. The van der Waals surface area contributed by atoms with Crippen LogP contribution in [0.25, 0.3) is 0 Å². The van der Waals surface area contributed by atoms with E-state index in [4.69, 9.17) is 9.47 Å². The minimum Gasteiger partial charge on any atom is -0.492 e. The monoisotopic (exact) mass is 277 g/mol. The fourth-order valence-corrected chi connectivity index (χ4v) is 2.90. The number of hydrogen-bond acceptors (Lipinski definition) is 3. The Balaban J connectivity index is 1.87. The highest BCUT2D eigenvalue weighted by atomic mass is 16.5. The Labute approximate surface area is 122 Å². The van der Waals surface area contributed by atoms with Crippen molar-refractivity contribution in [1.29, 1.82) is 0 Å². The lowest BCUT2D eigenvalue weighted by Gasteiger charge is -2.35. The Morgan fingerprint density at radius 3 is 2.45 bits per heavy atom. The van der Waals surface area contributed by atoms with Gasteiger partial charge in [-0.3, -0.25) is 4.90 Å². The maximum atomic E-state index is 5.99. The van der Waals surface area contributed by atoms with E-state index in [1.807, 2.05) is 0 Å². The van der Waals surface area contributed by atoms with E-state index in [0.717, 1.165) is 32.0 Å². The molecule has 0 N–H and O–H groups in total. The molecule has 2 atom stereocenters. The molecule has 0 amide bonds. The van der Waals surface area contributed by atoms with Crippen molar-refractivity contribution >= 4 is 0 Å². The van der Waals surface area contributed by atoms with Gasteiger partial charge in [0.2, 0.25) is 0 Å². The van der Waals surface area contributed by atoms with Crippen molar-refractivity contribution in [3.8, 4) is 5.75 Å². The van der Waals surface area contributed by atoms with Crippen LogP contribution in [0.1, 0.15) is 30.5 Å². The van der Waals surface area contributed by atoms with Crippen molar-refractivity contribution < 1.29 is 9.47 Å². The van der Waals surface area contributed by atoms with E-state index in [1.54, 1.807) is 0 Å². The Hall–Kier alpha value is -1.06. The highest BCUT2D eigenvalue weighted by Crippen LogP contribution is 2.23. The van der Waals surface area contributed by atoms with E-state index < -0.39 is 0 Å². The van der Waals surface area contributed by atoms with E-state index in [1.165, 1.54) is 16.7 Å². The molecule has 1 saturated heterocycles. The van der Waals surface area contributed by atoms with Gasteiger partial charge in [-0.25, -0.2) is 0 Å². The number of ether oxygens (including phenoxy) is 2. The van der Waals surface area contributed by atoms with E-state index in [0.29, 0.717) is 12.2 Å². The fourth-order valence-electron chi connectivity index (χ4n) is 2.90. The van der Waals surface area contributed by atoms with Gasteiger partial charge in [0, 0.05) is 19.6 Å². The van der Waals surface area contributed by atoms with E-state index in [2.05, 4.69) is 51.7 Å². The third kappa shape index (κ3) is 3.97. The highest BCUT2D eigenvalue weighted by molar-refractivity contribution is 5.41. The van der Waals surface area contributed by atoms with Gasteiger partial charge in [-0.2, -0.15) is 0 Å². The van der Waals surface area contributed by atoms with Crippen LogP contribution in [-0.2, 0) is 4.74 Å². The largest absolute Gasteiger partial charge is 0.492 e. The average molecular weight is 277 g/mol. The number of nitrogens with zero attached hydrogens (tertiary/aromatic N) is 1. The summed E-state index contributed by atoms with van der Waals surface area (Å²) in [5.41, 5.74) is 3.81. The molecule has 2 rings (SSSR count). The van der Waals surface area contributed by atoms with E-state index in [9.17, 15) is 0 Å². The molecule has 0 aromatic heterocycles.